The highest BCUT2D eigenvalue weighted by atomic mass is 32.2. The molecule has 9 heteroatoms. The van der Waals surface area contributed by atoms with Gasteiger partial charge in [-0.15, -0.1) is 0 Å². The molecular weight excluding hydrogens is 526 g/mol. The number of methoxy groups -OCH3 is 1. The molecule has 1 atom stereocenters. The number of piperidine rings is 1. The van der Waals surface area contributed by atoms with E-state index in [9.17, 15) is 18.0 Å². The van der Waals surface area contributed by atoms with Gasteiger partial charge in [-0.25, -0.2) is 8.42 Å². The van der Waals surface area contributed by atoms with Crippen molar-refractivity contribution in [3.63, 3.8) is 0 Å². The lowest BCUT2D eigenvalue weighted by Crippen LogP contribution is -2.45. The normalized spacial score (nSPS) is 20.1. The Morgan fingerprint density at radius 3 is 2.38 bits per heavy atom. The molecule has 5 rings (SSSR count). The molecule has 3 aliphatic rings. The number of nitrogens with one attached hydrogen (secondary N) is 1. The molecule has 3 fully saturated rings. The molecule has 2 aromatic carbocycles. The molecule has 2 aliphatic heterocycles. The van der Waals surface area contributed by atoms with Gasteiger partial charge in [0.2, 0.25) is 11.8 Å². The number of para-hydroxylation sites is 1. The van der Waals surface area contributed by atoms with Gasteiger partial charge in [0.1, 0.15) is 5.75 Å². The summed E-state index contributed by atoms with van der Waals surface area (Å²) in [6.07, 6.45) is 7.41. The number of nitrogens with zero attached hydrogens (tertiary/aromatic N) is 2. The summed E-state index contributed by atoms with van der Waals surface area (Å²) in [6, 6.07) is 14.6. The minimum absolute atomic E-state index is 0.110. The highest BCUT2D eigenvalue weighted by Gasteiger charge is 2.47. The van der Waals surface area contributed by atoms with E-state index in [-0.39, 0.29) is 23.3 Å². The molecule has 1 aliphatic carbocycles. The molecule has 40 heavy (non-hydrogen) atoms. The number of carbonyl (C=O) groups excluding carboxylic acids is 2. The lowest BCUT2D eigenvalue weighted by atomic mass is 9.77. The number of hydrogen-bond acceptors (Lipinski definition) is 6. The Morgan fingerprint density at radius 1 is 1.05 bits per heavy atom. The molecule has 216 valence electrons. The molecule has 2 aromatic rings. The first-order valence-electron chi connectivity index (χ1n) is 14.4. The zero-order chi connectivity index (χ0) is 28.3. The van der Waals surface area contributed by atoms with Crippen LogP contribution in [0.4, 0.5) is 0 Å². The molecular formula is C31H41N3O5S. The summed E-state index contributed by atoms with van der Waals surface area (Å²) >= 11 is 0. The average Bonchev–Trinajstić information content (AvgIpc) is 3.72. The fraction of sp³-hybridized carbons (Fsp3) is 0.548. The van der Waals surface area contributed by atoms with Crippen molar-refractivity contribution in [3.05, 3.63) is 59.7 Å². The van der Waals surface area contributed by atoms with E-state index in [0.29, 0.717) is 23.8 Å². The molecule has 1 saturated carbocycles. The minimum atomic E-state index is -3.24. The Hall–Kier alpha value is -2.91. The molecule has 0 radical (unpaired) electrons. The summed E-state index contributed by atoms with van der Waals surface area (Å²) in [7, 11) is -1.57. The highest BCUT2D eigenvalue weighted by molar-refractivity contribution is 7.90. The summed E-state index contributed by atoms with van der Waals surface area (Å²) in [5.41, 5.74) is 1.65. The molecule has 0 aromatic heterocycles. The molecule has 2 heterocycles. The van der Waals surface area contributed by atoms with Crippen LogP contribution >= 0.6 is 0 Å². The van der Waals surface area contributed by atoms with Gasteiger partial charge in [0.15, 0.2) is 9.84 Å². The zero-order valence-corrected chi connectivity index (χ0v) is 24.4. The van der Waals surface area contributed by atoms with Crippen LogP contribution in [0, 0.1) is 11.3 Å². The first-order valence-corrected chi connectivity index (χ1v) is 16.3. The lowest BCUT2D eigenvalue weighted by molar-refractivity contribution is -0.139. The van der Waals surface area contributed by atoms with Gasteiger partial charge < -0.3 is 19.9 Å². The third kappa shape index (κ3) is 6.69. The summed E-state index contributed by atoms with van der Waals surface area (Å²) in [5, 5.41) is 3.28. The highest BCUT2D eigenvalue weighted by Crippen LogP contribution is 2.42. The van der Waals surface area contributed by atoms with Crippen LogP contribution in [0.25, 0.3) is 0 Å². The van der Waals surface area contributed by atoms with Crippen molar-refractivity contribution in [1.82, 2.24) is 15.1 Å². The Balaban J connectivity index is 1.16. The van der Waals surface area contributed by atoms with E-state index >= 15 is 0 Å². The van der Waals surface area contributed by atoms with Gasteiger partial charge in [0.05, 0.1) is 23.5 Å². The number of amides is 2. The van der Waals surface area contributed by atoms with Crippen LogP contribution in [0.1, 0.15) is 62.1 Å². The number of likely N-dealkylation sites (tertiary alicyclic amines) is 2. The molecule has 1 spiro atoms. The Morgan fingerprint density at radius 2 is 1.73 bits per heavy atom. The summed E-state index contributed by atoms with van der Waals surface area (Å²) < 4.78 is 29.1. The van der Waals surface area contributed by atoms with Crippen LogP contribution in [-0.4, -0.2) is 69.6 Å². The van der Waals surface area contributed by atoms with Crippen molar-refractivity contribution in [2.24, 2.45) is 11.3 Å². The second-order valence-corrected chi connectivity index (χ2v) is 13.8. The van der Waals surface area contributed by atoms with Gasteiger partial charge in [-0.05, 0) is 81.3 Å². The van der Waals surface area contributed by atoms with E-state index in [4.69, 9.17) is 4.74 Å². The topological polar surface area (TPSA) is 96.0 Å². The molecule has 1 unspecified atom stereocenters. The molecule has 2 saturated heterocycles. The Bertz CT molecular complexity index is 1310. The van der Waals surface area contributed by atoms with Crippen LogP contribution in [0.15, 0.2) is 53.4 Å². The summed E-state index contributed by atoms with van der Waals surface area (Å²) in [4.78, 5) is 30.9. The SMILES string of the molecule is COc1ccccc1C(CCN1CCC2(CC1)CCN(Cc1ccc(S(C)(=O)=O)cc1)C2=O)NC(=O)CC1CC1. The van der Waals surface area contributed by atoms with E-state index in [2.05, 4.69) is 10.2 Å². The van der Waals surface area contributed by atoms with Crippen LogP contribution in [0.3, 0.4) is 0 Å². The fourth-order valence-corrected chi connectivity index (χ4v) is 6.81. The predicted octanol–water partition coefficient (Wildman–Crippen LogP) is 3.96. The monoisotopic (exact) mass is 567 g/mol. The van der Waals surface area contributed by atoms with Crippen molar-refractivity contribution < 1.29 is 22.7 Å². The maximum atomic E-state index is 13.5. The van der Waals surface area contributed by atoms with E-state index in [0.717, 1.165) is 81.6 Å². The van der Waals surface area contributed by atoms with Crippen LogP contribution in [0.5, 0.6) is 5.75 Å². The third-order valence-electron chi connectivity index (χ3n) is 8.89. The maximum absolute atomic E-state index is 13.5. The van der Waals surface area contributed by atoms with E-state index < -0.39 is 9.84 Å². The number of hydrogen-bond donors (Lipinski definition) is 1. The average molecular weight is 568 g/mol. The quantitative estimate of drug-likeness (QED) is 0.442. The number of benzene rings is 2. The second-order valence-electron chi connectivity index (χ2n) is 11.8. The maximum Gasteiger partial charge on any atom is 0.229 e. The van der Waals surface area contributed by atoms with Gasteiger partial charge in [0, 0.05) is 37.9 Å². The molecule has 1 N–H and O–H groups in total. The van der Waals surface area contributed by atoms with Crippen molar-refractivity contribution in [2.75, 3.05) is 39.5 Å². The fourth-order valence-electron chi connectivity index (χ4n) is 6.18. The van der Waals surface area contributed by atoms with E-state index in [1.54, 1.807) is 31.4 Å². The van der Waals surface area contributed by atoms with Crippen LogP contribution in [0.2, 0.25) is 0 Å². The van der Waals surface area contributed by atoms with Crippen LogP contribution in [-0.2, 0) is 26.0 Å². The standard InChI is InChI=1S/C31H41N3O5S/c1-39-28-6-4-3-5-26(28)27(32-29(35)21-23-7-8-23)13-17-33-18-14-31(15-19-33)16-20-34(30(31)36)22-24-9-11-25(12-10-24)40(2,37)38/h3-6,9-12,23,27H,7-8,13-22H2,1-2H3,(H,32,35). The van der Waals surface area contributed by atoms with E-state index in [1.165, 1.54) is 6.26 Å². The summed E-state index contributed by atoms with van der Waals surface area (Å²) in [5.74, 6) is 1.66. The summed E-state index contributed by atoms with van der Waals surface area (Å²) in [6.45, 7) is 3.80. The number of carbonyl (C=O) groups is 2. The molecule has 2 amide bonds. The molecule has 8 nitrogen and oxygen atoms in total. The second kappa shape index (κ2) is 11.9. The zero-order valence-electron chi connectivity index (χ0n) is 23.6. The van der Waals surface area contributed by atoms with E-state index in [1.807, 2.05) is 29.2 Å². The largest absolute Gasteiger partial charge is 0.496 e. The van der Waals surface area contributed by atoms with Gasteiger partial charge in [0.25, 0.3) is 0 Å². The van der Waals surface area contributed by atoms with Crippen molar-refractivity contribution in [1.29, 1.82) is 0 Å². The smallest absolute Gasteiger partial charge is 0.229 e. The predicted molar refractivity (Wildman–Crippen MR) is 154 cm³/mol. The van der Waals surface area contributed by atoms with Gasteiger partial charge in [-0.3, -0.25) is 9.59 Å². The van der Waals surface area contributed by atoms with Gasteiger partial charge in [-0.2, -0.15) is 0 Å². The van der Waals surface area contributed by atoms with Crippen molar-refractivity contribution in [3.8, 4) is 5.75 Å². The number of ether oxygens (including phenoxy) is 1. The minimum Gasteiger partial charge on any atom is -0.496 e. The van der Waals surface area contributed by atoms with Gasteiger partial charge >= 0.3 is 0 Å². The Kier molecular flexibility index (Phi) is 8.52. The first kappa shape index (κ1) is 28.6. The number of sulfone groups is 1. The van der Waals surface area contributed by atoms with Crippen molar-refractivity contribution >= 4 is 21.7 Å². The van der Waals surface area contributed by atoms with Gasteiger partial charge in [-0.1, -0.05) is 30.3 Å². The third-order valence-corrected chi connectivity index (χ3v) is 10.0. The Labute approximate surface area is 238 Å². The first-order chi connectivity index (χ1) is 19.2. The van der Waals surface area contributed by atoms with Crippen LogP contribution < -0.4 is 10.1 Å². The number of rotatable bonds is 11. The van der Waals surface area contributed by atoms with Crippen molar-refractivity contribution in [2.45, 2.75) is 62.4 Å². The molecule has 0 bridgehead atoms. The lowest BCUT2D eigenvalue weighted by Gasteiger charge is -2.38.